The fourth-order valence-corrected chi connectivity index (χ4v) is 0.887. The fraction of sp³-hybridized carbons (Fsp3) is 0. The molecule has 4 nitrogen and oxygen atoms in total. The number of rotatable bonds is 1. The molecule has 0 amide bonds. The summed E-state index contributed by atoms with van der Waals surface area (Å²) in [5, 5.41) is 10.3. The lowest BCUT2D eigenvalue weighted by atomic mass is 10.3. The number of benzene rings is 1. The summed E-state index contributed by atoms with van der Waals surface area (Å²) in [4.78, 5) is 10.3. The van der Waals surface area contributed by atoms with Crippen LogP contribution in [-0.4, -0.2) is 4.92 Å². The molecule has 11 heavy (non-hydrogen) atoms. The molecule has 0 aromatic heterocycles. The maximum Gasteiger partial charge on any atom is 0.293 e. The van der Waals surface area contributed by atoms with Crippen molar-refractivity contribution in [2.75, 3.05) is 5.73 Å². The minimum Gasteiger partial charge on any atom is -0.393 e. The molecule has 0 fully saturated rings. The van der Waals surface area contributed by atoms with Crippen molar-refractivity contribution in [2.24, 2.45) is 0 Å². The molecule has 0 radical (unpaired) electrons. The predicted octanol–water partition coefficient (Wildman–Crippen LogP) is 1.47. The maximum absolute atomic E-state index is 10.3. The van der Waals surface area contributed by atoms with Crippen molar-refractivity contribution in [3.63, 3.8) is 0 Å². The van der Waals surface area contributed by atoms with Crippen LogP contribution in [0.15, 0.2) is 23.1 Å². The van der Waals surface area contributed by atoms with Gasteiger partial charge in [-0.25, -0.2) is 0 Å². The first-order chi connectivity index (χ1) is 5.11. The number of nitrogens with zero attached hydrogens (tertiary/aromatic N) is 1. The lowest BCUT2D eigenvalue weighted by molar-refractivity contribution is -0.384. The van der Waals surface area contributed by atoms with E-state index in [0.29, 0.717) is 4.90 Å². The molecule has 5 heteroatoms. The Kier molecular flexibility index (Phi) is 2.00. The summed E-state index contributed by atoms with van der Waals surface area (Å²) in [6.07, 6.45) is 0. The monoisotopic (exact) mass is 170 g/mol. The molecule has 2 N–H and O–H groups in total. The minimum absolute atomic E-state index is 0.0995. The van der Waals surface area contributed by atoms with E-state index in [0.717, 1.165) is 0 Å². The molecule has 1 aromatic carbocycles. The number of thiol groups is 1. The average Bonchev–Trinajstić information content (AvgIpc) is 1.94. The number of hydrogen-bond donors (Lipinski definition) is 2. The van der Waals surface area contributed by atoms with Gasteiger partial charge < -0.3 is 5.73 Å². The van der Waals surface area contributed by atoms with Gasteiger partial charge in [0.2, 0.25) is 0 Å². The highest BCUT2D eigenvalue weighted by atomic mass is 32.1. The minimum atomic E-state index is -0.533. The Morgan fingerprint density at radius 2 is 2.18 bits per heavy atom. The Labute approximate surface area is 68.6 Å². The van der Waals surface area contributed by atoms with Gasteiger partial charge in [0, 0.05) is 11.0 Å². The zero-order valence-corrected chi connectivity index (χ0v) is 6.41. The standard InChI is InChI=1S/C6H6N2O2S/c7-5-2-1-4(11)3-6(5)8(9)10/h1-3,11H,7H2. The van der Waals surface area contributed by atoms with Crippen LogP contribution in [0.2, 0.25) is 0 Å². The summed E-state index contributed by atoms with van der Waals surface area (Å²) >= 11 is 3.94. The van der Waals surface area contributed by atoms with Crippen LogP contribution >= 0.6 is 12.6 Å². The summed E-state index contributed by atoms with van der Waals surface area (Å²) in [5.41, 5.74) is 5.38. The molecule has 0 heterocycles. The predicted molar refractivity (Wildman–Crippen MR) is 44.8 cm³/mol. The highest BCUT2D eigenvalue weighted by Crippen LogP contribution is 2.23. The third-order valence-electron chi connectivity index (χ3n) is 1.21. The third-order valence-corrected chi connectivity index (χ3v) is 1.49. The van der Waals surface area contributed by atoms with Gasteiger partial charge in [0.05, 0.1) is 4.92 Å². The zero-order chi connectivity index (χ0) is 8.43. The van der Waals surface area contributed by atoms with Crippen molar-refractivity contribution in [3.8, 4) is 0 Å². The van der Waals surface area contributed by atoms with Crippen LogP contribution in [-0.2, 0) is 0 Å². The van der Waals surface area contributed by atoms with Crippen molar-refractivity contribution < 1.29 is 4.92 Å². The SMILES string of the molecule is Nc1ccc(S)cc1[N+](=O)[O-]. The third kappa shape index (κ3) is 1.62. The van der Waals surface area contributed by atoms with Crippen LogP contribution in [0.1, 0.15) is 0 Å². The number of hydrogen-bond acceptors (Lipinski definition) is 4. The molecule has 0 atom stereocenters. The molecule has 1 aromatic rings. The number of nitrogens with two attached hydrogens (primary N) is 1. The summed E-state index contributed by atoms with van der Waals surface area (Å²) in [6, 6.07) is 4.38. The van der Waals surface area contributed by atoms with Crippen LogP contribution in [0.3, 0.4) is 0 Å². The first-order valence-electron chi connectivity index (χ1n) is 2.84. The molecular weight excluding hydrogens is 164 g/mol. The second-order valence-electron chi connectivity index (χ2n) is 2.00. The van der Waals surface area contributed by atoms with Crippen molar-refractivity contribution in [2.45, 2.75) is 4.90 Å². The summed E-state index contributed by atoms with van der Waals surface area (Å²) in [5.74, 6) is 0. The van der Waals surface area contributed by atoms with E-state index in [1.54, 1.807) is 6.07 Å². The molecule has 1 rings (SSSR count). The van der Waals surface area contributed by atoms with E-state index in [1.165, 1.54) is 12.1 Å². The molecule has 0 saturated heterocycles. The second kappa shape index (κ2) is 2.79. The first-order valence-corrected chi connectivity index (χ1v) is 3.29. The van der Waals surface area contributed by atoms with Gasteiger partial charge in [0.1, 0.15) is 5.69 Å². The maximum atomic E-state index is 10.3. The lowest BCUT2D eigenvalue weighted by Gasteiger charge is -1.96. The Hall–Kier alpha value is -1.23. The van der Waals surface area contributed by atoms with Gasteiger partial charge in [-0.1, -0.05) is 0 Å². The zero-order valence-electron chi connectivity index (χ0n) is 5.52. The van der Waals surface area contributed by atoms with Gasteiger partial charge >= 0.3 is 0 Å². The molecule has 0 bridgehead atoms. The first kappa shape index (κ1) is 7.87. The Morgan fingerprint density at radius 1 is 1.55 bits per heavy atom. The van der Waals surface area contributed by atoms with Crippen LogP contribution in [0.5, 0.6) is 0 Å². The van der Waals surface area contributed by atoms with Gasteiger partial charge in [-0.15, -0.1) is 12.6 Å². The van der Waals surface area contributed by atoms with Crippen LogP contribution in [0, 0.1) is 10.1 Å². The molecule has 0 spiro atoms. The highest BCUT2D eigenvalue weighted by Gasteiger charge is 2.09. The van der Waals surface area contributed by atoms with Crippen molar-refractivity contribution in [1.82, 2.24) is 0 Å². The number of nitro groups is 1. The quantitative estimate of drug-likeness (QED) is 0.290. The Balaban J connectivity index is 3.23. The van der Waals surface area contributed by atoms with E-state index in [4.69, 9.17) is 5.73 Å². The van der Waals surface area contributed by atoms with Crippen LogP contribution < -0.4 is 5.73 Å². The number of anilines is 1. The van der Waals surface area contributed by atoms with E-state index in [1.807, 2.05) is 0 Å². The average molecular weight is 170 g/mol. The molecule has 0 saturated carbocycles. The van der Waals surface area contributed by atoms with Crippen molar-refractivity contribution in [3.05, 3.63) is 28.3 Å². The molecule has 58 valence electrons. The van der Waals surface area contributed by atoms with Crippen LogP contribution in [0.25, 0.3) is 0 Å². The summed E-state index contributed by atoms with van der Waals surface area (Å²) in [7, 11) is 0. The Morgan fingerprint density at radius 3 is 2.64 bits per heavy atom. The number of nitrogen functional groups attached to an aromatic ring is 1. The topological polar surface area (TPSA) is 69.2 Å². The summed E-state index contributed by atoms with van der Waals surface area (Å²) in [6.45, 7) is 0. The van der Waals surface area contributed by atoms with Gasteiger partial charge in [0.15, 0.2) is 0 Å². The second-order valence-corrected chi connectivity index (χ2v) is 2.52. The lowest BCUT2D eigenvalue weighted by Crippen LogP contribution is -1.94. The molecule has 0 aliphatic heterocycles. The molecule has 0 aliphatic rings. The van der Waals surface area contributed by atoms with Crippen LogP contribution in [0.4, 0.5) is 11.4 Å². The fourth-order valence-electron chi connectivity index (χ4n) is 0.690. The van der Waals surface area contributed by atoms with E-state index in [9.17, 15) is 10.1 Å². The van der Waals surface area contributed by atoms with E-state index in [2.05, 4.69) is 12.6 Å². The van der Waals surface area contributed by atoms with Crippen molar-refractivity contribution >= 4 is 24.0 Å². The van der Waals surface area contributed by atoms with E-state index >= 15 is 0 Å². The van der Waals surface area contributed by atoms with Crippen molar-refractivity contribution in [1.29, 1.82) is 0 Å². The summed E-state index contributed by atoms with van der Waals surface area (Å²) < 4.78 is 0. The normalized spacial score (nSPS) is 9.55. The van der Waals surface area contributed by atoms with Gasteiger partial charge in [-0.2, -0.15) is 0 Å². The van der Waals surface area contributed by atoms with Gasteiger partial charge in [0.25, 0.3) is 5.69 Å². The molecular formula is C6H6N2O2S. The van der Waals surface area contributed by atoms with E-state index < -0.39 is 4.92 Å². The number of nitro benzene ring substituents is 1. The van der Waals surface area contributed by atoms with E-state index in [-0.39, 0.29) is 11.4 Å². The molecule has 0 aliphatic carbocycles. The Bertz CT molecular complexity index is 301. The molecule has 0 unspecified atom stereocenters. The largest absolute Gasteiger partial charge is 0.393 e. The van der Waals surface area contributed by atoms with Gasteiger partial charge in [-0.05, 0) is 12.1 Å². The smallest absolute Gasteiger partial charge is 0.293 e. The highest BCUT2D eigenvalue weighted by molar-refractivity contribution is 7.80. The van der Waals surface area contributed by atoms with Gasteiger partial charge in [-0.3, -0.25) is 10.1 Å².